The first-order valence-corrected chi connectivity index (χ1v) is 6.62. The van der Waals surface area contributed by atoms with E-state index in [2.05, 4.69) is 10.3 Å². The molecule has 7 heteroatoms. The van der Waals surface area contributed by atoms with Gasteiger partial charge in [0, 0.05) is 20.1 Å². The van der Waals surface area contributed by atoms with Crippen molar-refractivity contribution in [1.82, 2.24) is 10.2 Å². The lowest BCUT2D eigenvalue weighted by atomic mass is 10.2. The summed E-state index contributed by atoms with van der Waals surface area (Å²) in [4.78, 5) is 5.65. The monoisotopic (exact) mass is 305 g/mol. The third kappa shape index (κ3) is 6.97. The molecule has 0 amide bonds. The van der Waals surface area contributed by atoms with Crippen molar-refractivity contribution in [3.63, 3.8) is 0 Å². The Morgan fingerprint density at radius 1 is 1.24 bits per heavy atom. The van der Waals surface area contributed by atoms with Crippen molar-refractivity contribution in [1.29, 1.82) is 0 Å². The molecule has 0 saturated heterocycles. The van der Waals surface area contributed by atoms with E-state index in [1.165, 1.54) is 12.1 Å². The van der Waals surface area contributed by atoms with Crippen molar-refractivity contribution in [2.75, 3.05) is 20.1 Å². The molecule has 0 unspecified atom stereocenters. The van der Waals surface area contributed by atoms with Crippen molar-refractivity contribution in [3.05, 3.63) is 35.6 Å². The maximum Gasteiger partial charge on any atom is 0.390 e. The van der Waals surface area contributed by atoms with Crippen LogP contribution in [0.5, 0.6) is 0 Å². The molecule has 1 N–H and O–H groups in total. The second kappa shape index (κ2) is 7.85. The minimum Gasteiger partial charge on any atom is -0.357 e. The fourth-order valence-corrected chi connectivity index (χ4v) is 1.70. The summed E-state index contributed by atoms with van der Waals surface area (Å²) in [6, 6.07) is 5.95. The van der Waals surface area contributed by atoms with Gasteiger partial charge in [-0.15, -0.1) is 0 Å². The number of rotatable bonds is 5. The second-order valence-electron chi connectivity index (χ2n) is 4.58. The maximum atomic E-state index is 12.8. The van der Waals surface area contributed by atoms with Crippen LogP contribution < -0.4 is 5.32 Å². The van der Waals surface area contributed by atoms with E-state index in [0.717, 1.165) is 5.56 Å². The molecule has 0 spiro atoms. The molecular formula is C14H19F4N3. The van der Waals surface area contributed by atoms with Crippen molar-refractivity contribution >= 4 is 5.96 Å². The molecule has 1 aromatic rings. The van der Waals surface area contributed by atoms with E-state index in [4.69, 9.17) is 0 Å². The van der Waals surface area contributed by atoms with Crippen LogP contribution in [-0.4, -0.2) is 37.2 Å². The summed E-state index contributed by atoms with van der Waals surface area (Å²) in [5.41, 5.74) is 0.848. The van der Waals surface area contributed by atoms with Gasteiger partial charge in [-0.2, -0.15) is 13.2 Å². The zero-order valence-electron chi connectivity index (χ0n) is 12.0. The highest BCUT2D eigenvalue weighted by atomic mass is 19.4. The Hall–Kier alpha value is -1.79. The highest BCUT2D eigenvalue weighted by molar-refractivity contribution is 5.79. The highest BCUT2D eigenvalue weighted by Gasteiger charge is 2.26. The van der Waals surface area contributed by atoms with Gasteiger partial charge in [-0.3, -0.25) is 4.99 Å². The van der Waals surface area contributed by atoms with Crippen LogP contribution >= 0.6 is 0 Å². The van der Waals surface area contributed by atoms with Gasteiger partial charge in [-0.25, -0.2) is 4.39 Å². The molecule has 0 radical (unpaired) electrons. The van der Waals surface area contributed by atoms with E-state index < -0.39 is 12.6 Å². The molecule has 0 aliphatic heterocycles. The number of alkyl halides is 3. The van der Waals surface area contributed by atoms with Crippen molar-refractivity contribution in [2.45, 2.75) is 26.1 Å². The zero-order chi connectivity index (χ0) is 15.9. The second-order valence-corrected chi connectivity index (χ2v) is 4.58. The molecule has 0 heterocycles. The summed E-state index contributed by atoms with van der Waals surface area (Å²) >= 11 is 0. The van der Waals surface area contributed by atoms with E-state index in [1.807, 2.05) is 6.92 Å². The molecule has 0 fully saturated rings. The standard InChI is InChI=1S/C14H19F4N3/c1-3-19-13(20-9-8-14(16,17)18)21(2)10-11-4-6-12(15)7-5-11/h4-7H,3,8-10H2,1-2H3,(H,19,20). The van der Waals surface area contributed by atoms with E-state index >= 15 is 0 Å². The van der Waals surface area contributed by atoms with Gasteiger partial charge in [0.2, 0.25) is 0 Å². The minimum absolute atomic E-state index is 0.320. The average Bonchev–Trinajstić information content (AvgIpc) is 2.39. The molecule has 1 rings (SSSR count). The first-order valence-electron chi connectivity index (χ1n) is 6.62. The number of hydrogen-bond acceptors (Lipinski definition) is 1. The predicted octanol–water partition coefficient (Wildman–Crippen LogP) is 3.18. The number of guanidine groups is 1. The molecule has 0 atom stereocenters. The SMILES string of the molecule is CCNC(=NCCC(F)(F)F)N(C)Cc1ccc(F)cc1. The molecule has 21 heavy (non-hydrogen) atoms. The summed E-state index contributed by atoms with van der Waals surface area (Å²) in [6.07, 6.45) is -5.16. The Balaban J connectivity index is 2.65. The Bertz CT molecular complexity index is 454. The summed E-state index contributed by atoms with van der Waals surface area (Å²) in [5, 5.41) is 2.93. The van der Waals surface area contributed by atoms with Gasteiger partial charge in [-0.05, 0) is 24.6 Å². The normalized spacial score (nSPS) is 12.4. The predicted molar refractivity (Wildman–Crippen MR) is 74.5 cm³/mol. The molecule has 3 nitrogen and oxygen atoms in total. The number of halogens is 4. The molecule has 0 saturated carbocycles. The summed E-state index contributed by atoms with van der Waals surface area (Å²) in [5.74, 6) is 0.0678. The Morgan fingerprint density at radius 2 is 1.86 bits per heavy atom. The molecular weight excluding hydrogens is 286 g/mol. The van der Waals surface area contributed by atoms with Gasteiger partial charge in [0.05, 0.1) is 13.0 Å². The maximum absolute atomic E-state index is 12.8. The summed E-state index contributed by atoms with van der Waals surface area (Å²) < 4.78 is 49.2. The van der Waals surface area contributed by atoms with Crippen LogP contribution in [0.4, 0.5) is 17.6 Å². The minimum atomic E-state index is -4.21. The van der Waals surface area contributed by atoms with Crippen LogP contribution in [0.1, 0.15) is 18.9 Å². The van der Waals surface area contributed by atoms with Crippen LogP contribution in [0.2, 0.25) is 0 Å². The Morgan fingerprint density at radius 3 is 2.38 bits per heavy atom. The lowest BCUT2D eigenvalue weighted by Gasteiger charge is -2.22. The van der Waals surface area contributed by atoms with Crippen molar-refractivity contribution in [3.8, 4) is 0 Å². The van der Waals surface area contributed by atoms with Gasteiger partial charge in [0.1, 0.15) is 5.82 Å². The Kier molecular flexibility index (Phi) is 6.45. The Labute approximate surface area is 121 Å². The summed E-state index contributed by atoms with van der Waals surface area (Å²) in [7, 11) is 1.72. The molecule has 0 aliphatic rings. The van der Waals surface area contributed by atoms with Gasteiger partial charge >= 0.3 is 6.18 Å². The lowest BCUT2D eigenvalue weighted by molar-refractivity contribution is -0.132. The van der Waals surface area contributed by atoms with Crippen LogP contribution in [0.25, 0.3) is 0 Å². The van der Waals surface area contributed by atoms with Crippen LogP contribution in [0, 0.1) is 5.82 Å². The highest BCUT2D eigenvalue weighted by Crippen LogP contribution is 2.19. The number of hydrogen-bond donors (Lipinski definition) is 1. The fourth-order valence-electron chi connectivity index (χ4n) is 1.70. The van der Waals surface area contributed by atoms with E-state index in [-0.39, 0.29) is 12.4 Å². The van der Waals surface area contributed by atoms with Gasteiger partial charge in [0.25, 0.3) is 0 Å². The van der Waals surface area contributed by atoms with E-state index in [9.17, 15) is 17.6 Å². The quantitative estimate of drug-likeness (QED) is 0.514. The molecule has 118 valence electrons. The summed E-state index contributed by atoms with van der Waals surface area (Å²) in [6.45, 7) is 2.50. The number of benzene rings is 1. The van der Waals surface area contributed by atoms with E-state index in [1.54, 1.807) is 24.1 Å². The smallest absolute Gasteiger partial charge is 0.357 e. The van der Waals surface area contributed by atoms with Crippen LogP contribution in [0.3, 0.4) is 0 Å². The molecule has 0 aromatic heterocycles. The topological polar surface area (TPSA) is 27.6 Å². The zero-order valence-corrected chi connectivity index (χ0v) is 12.0. The van der Waals surface area contributed by atoms with Gasteiger partial charge < -0.3 is 10.2 Å². The van der Waals surface area contributed by atoms with Gasteiger partial charge in [-0.1, -0.05) is 12.1 Å². The first-order chi connectivity index (χ1) is 9.81. The van der Waals surface area contributed by atoms with E-state index in [0.29, 0.717) is 19.0 Å². The average molecular weight is 305 g/mol. The van der Waals surface area contributed by atoms with Crippen LogP contribution in [-0.2, 0) is 6.54 Å². The first kappa shape index (κ1) is 17.3. The third-order valence-electron chi connectivity index (χ3n) is 2.69. The number of nitrogens with one attached hydrogen (secondary N) is 1. The largest absolute Gasteiger partial charge is 0.390 e. The molecule has 1 aromatic carbocycles. The number of aliphatic imine (C=N–C) groups is 1. The van der Waals surface area contributed by atoms with Crippen molar-refractivity contribution < 1.29 is 17.6 Å². The van der Waals surface area contributed by atoms with Crippen molar-refractivity contribution in [2.24, 2.45) is 4.99 Å². The third-order valence-corrected chi connectivity index (χ3v) is 2.69. The molecule has 0 aliphatic carbocycles. The molecule has 0 bridgehead atoms. The fraction of sp³-hybridized carbons (Fsp3) is 0.500. The van der Waals surface area contributed by atoms with Gasteiger partial charge in [0.15, 0.2) is 5.96 Å². The lowest BCUT2D eigenvalue weighted by Crippen LogP contribution is -2.38. The number of nitrogens with zero attached hydrogens (tertiary/aromatic N) is 2. The van der Waals surface area contributed by atoms with Crippen LogP contribution in [0.15, 0.2) is 29.3 Å².